The maximum Gasteiger partial charge on any atom is 0.264 e. The van der Waals surface area contributed by atoms with Crippen molar-refractivity contribution < 1.29 is 23.5 Å². The highest BCUT2D eigenvalue weighted by molar-refractivity contribution is 6.31. The number of benzene rings is 2. The van der Waals surface area contributed by atoms with E-state index in [2.05, 4.69) is 0 Å². The van der Waals surface area contributed by atoms with Crippen molar-refractivity contribution in [3.63, 3.8) is 0 Å². The number of Topliss-reactive ketones (excluding diaryl/α,β-unsaturated/α-hetero) is 1. The molecule has 142 valence electrons. The molecule has 28 heavy (non-hydrogen) atoms. The fourth-order valence-corrected chi connectivity index (χ4v) is 3.66. The fourth-order valence-electron chi connectivity index (χ4n) is 3.43. The summed E-state index contributed by atoms with van der Waals surface area (Å²) < 4.78 is 19.3. The minimum atomic E-state index is -2.07. The van der Waals surface area contributed by atoms with E-state index in [0.717, 1.165) is 0 Å². The second-order valence-electron chi connectivity index (χ2n) is 6.55. The molecule has 4 rings (SSSR count). The number of anilines is 1. The number of furan rings is 1. The maximum absolute atomic E-state index is 14.2. The number of amides is 1. The topological polar surface area (TPSA) is 70.8 Å². The molecule has 3 aromatic rings. The van der Waals surface area contributed by atoms with Crippen LogP contribution in [0.5, 0.6) is 0 Å². The quantitative estimate of drug-likeness (QED) is 0.656. The van der Waals surface area contributed by atoms with Crippen LogP contribution in [0.1, 0.15) is 28.1 Å². The number of nitrogens with zero attached hydrogens (tertiary/aromatic N) is 1. The Labute approximate surface area is 165 Å². The SMILES string of the molecule is O=C(CC1(O)C(=O)N(Cc2c(F)cccc2Cl)c2ccccc21)c1ccco1. The van der Waals surface area contributed by atoms with Gasteiger partial charge in [0.25, 0.3) is 5.91 Å². The number of aliphatic hydroxyl groups is 1. The number of carbonyl (C=O) groups is 2. The zero-order chi connectivity index (χ0) is 19.9. The fraction of sp³-hybridized carbons (Fsp3) is 0.143. The van der Waals surface area contributed by atoms with Gasteiger partial charge in [0, 0.05) is 16.1 Å². The van der Waals surface area contributed by atoms with E-state index in [4.69, 9.17) is 16.0 Å². The molecule has 1 aromatic heterocycles. The second-order valence-corrected chi connectivity index (χ2v) is 6.95. The van der Waals surface area contributed by atoms with Gasteiger partial charge in [-0.1, -0.05) is 35.9 Å². The van der Waals surface area contributed by atoms with E-state index in [-0.39, 0.29) is 28.5 Å². The maximum atomic E-state index is 14.2. The summed E-state index contributed by atoms with van der Waals surface area (Å²) in [5.41, 5.74) is -1.25. The molecule has 2 heterocycles. The van der Waals surface area contributed by atoms with Crippen molar-refractivity contribution in [1.82, 2.24) is 0 Å². The van der Waals surface area contributed by atoms with Crippen LogP contribution in [0.3, 0.4) is 0 Å². The van der Waals surface area contributed by atoms with Crippen LogP contribution in [0.4, 0.5) is 10.1 Å². The molecule has 7 heteroatoms. The van der Waals surface area contributed by atoms with Crippen LogP contribution in [0, 0.1) is 5.82 Å². The van der Waals surface area contributed by atoms with E-state index < -0.39 is 29.5 Å². The number of hydrogen-bond donors (Lipinski definition) is 1. The highest BCUT2D eigenvalue weighted by atomic mass is 35.5. The van der Waals surface area contributed by atoms with Crippen molar-refractivity contribution in [3.8, 4) is 0 Å². The van der Waals surface area contributed by atoms with Gasteiger partial charge < -0.3 is 14.4 Å². The molecule has 1 aliphatic rings. The Hall–Kier alpha value is -2.96. The normalized spacial score (nSPS) is 18.4. The molecule has 5 nitrogen and oxygen atoms in total. The Morgan fingerprint density at radius 2 is 1.93 bits per heavy atom. The summed E-state index contributed by atoms with van der Waals surface area (Å²) in [5, 5.41) is 11.4. The standard InChI is InChI=1S/C21H15ClFNO4/c22-15-6-3-7-16(23)13(15)12-24-17-8-2-1-5-14(17)21(27,20(24)26)11-18(25)19-9-4-10-28-19/h1-10,27H,11-12H2. The molecule has 2 aromatic carbocycles. The van der Waals surface area contributed by atoms with Crippen molar-refractivity contribution in [2.45, 2.75) is 18.6 Å². The number of fused-ring (bicyclic) bond motifs is 1. The number of halogens is 2. The molecular weight excluding hydrogens is 385 g/mol. The van der Waals surface area contributed by atoms with Crippen LogP contribution in [0.2, 0.25) is 5.02 Å². The second kappa shape index (κ2) is 6.89. The van der Waals surface area contributed by atoms with Crippen LogP contribution >= 0.6 is 11.6 Å². The van der Waals surface area contributed by atoms with E-state index in [0.29, 0.717) is 5.69 Å². The van der Waals surface area contributed by atoms with Gasteiger partial charge in [0.15, 0.2) is 11.4 Å². The minimum absolute atomic E-state index is 0.0503. The number of para-hydroxylation sites is 1. The number of ketones is 1. The summed E-state index contributed by atoms with van der Waals surface area (Å²) in [6, 6.07) is 13.8. The monoisotopic (exact) mass is 399 g/mol. The molecule has 0 spiro atoms. The van der Waals surface area contributed by atoms with Gasteiger partial charge in [-0.2, -0.15) is 0 Å². The van der Waals surface area contributed by atoms with E-state index in [1.165, 1.54) is 35.4 Å². The van der Waals surface area contributed by atoms with Crippen LogP contribution in [0.25, 0.3) is 0 Å². The first-order valence-electron chi connectivity index (χ1n) is 8.55. The molecule has 1 N–H and O–H groups in total. The van der Waals surface area contributed by atoms with Gasteiger partial charge in [-0.25, -0.2) is 4.39 Å². The first-order chi connectivity index (χ1) is 13.4. The van der Waals surface area contributed by atoms with E-state index in [1.54, 1.807) is 30.3 Å². The van der Waals surface area contributed by atoms with Crippen LogP contribution in [-0.2, 0) is 16.9 Å². The average molecular weight is 400 g/mol. The largest absolute Gasteiger partial charge is 0.461 e. The molecule has 0 radical (unpaired) electrons. The first-order valence-corrected chi connectivity index (χ1v) is 8.93. The molecule has 1 aliphatic heterocycles. The van der Waals surface area contributed by atoms with Crippen molar-refractivity contribution >= 4 is 29.0 Å². The number of hydrogen-bond acceptors (Lipinski definition) is 4. The summed E-state index contributed by atoms with van der Waals surface area (Å²) in [5.74, 6) is -1.73. The molecule has 1 atom stereocenters. The van der Waals surface area contributed by atoms with Gasteiger partial charge >= 0.3 is 0 Å². The summed E-state index contributed by atoms with van der Waals surface area (Å²) in [4.78, 5) is 26.9. The van der Waals surface area contributed by atoms with Gasteiger partial charge in [-0.15, -0.1) is 0 Å². The van der Waals surface area contributed by atoms with Crippen molar-refractivity contribution in [3.05, 3.63) is 88.6 Å². The predicted octanol–water partition coefficient (Wildman–Crippen LogP) is 4.08. The highest BCUT2D eigenvalue weighted by Crippen LogP contribution is 2.44. The lowest BCUT2D eigenvalue weighted by atomic mass is 9.89. The van der Waals surface area contributed by atoms with Gasteiger partial charge in [0.1, 0.15) is 5.82 Å². The zero-order valence-corrected chi connectivity index (χ0v) is 15.3. The molecule has 1 unspecified atom stereocenters. The summed E-state index contributed by atoms with van der Waals surface area (Å²) in [7, 11) is 0. The lowest BCUT2D eigenvalue weighted by Gasteiger charge is -2.23. The van der Waals surface area contributed by atoms with Crippen molar-refractivity contribution in [2.24, 2.45) is 0 Å². The summed E-state index contributed by atoms with van der Waals surface area (Å²) >= 11 is 6.10. The lowest BCUT2D eigenvalue weighted by molar-refractivity contribution is -0.136. The molecule has 0 aliphatic carbocycles. The molecular formula is C21H15ClFNO4. The molecule has 1 amide bonds. The van der Waals surface area contributed by atoms with Crippen molar-refractivity contribution in [2.75, 3.05) is 4.90 Å². The smallest absolute Gasteiger partial charge is 0.264 e. The molecule has 0 saturated carbocycles. The Morgan fingerprint density at radius 1 is 1.14 bits per heavy atom. The highest BCUT2D eigenvalue weighted by Gasteiger charge is 2.51. The van der Waals surface area contributed by atoms with Crippen molar-refractivity contribution in [1.29, 1.82) is 0 Å². The average Bonchev–Trinajstić information content (AvgIpc) is 3.28. The molecule has 0 saturated heterocycles. The Bertz CT molecular complexity index is 1050. The minimum Gasteiger partial charge on any atom is -0.461 e. The molecule has 0 bridgehead atoms. The third-order valence-corrected chi connectivity index (χ3v) is 5.18. The van der Waals surface area contributed by atoms with E-state index in [9.17, 15) is 19.1 Å². The van der Waals surface area contributed by atoms with E-state index in [1.807, 2.05) is 0 Å². The van der Waals surface area contributed by atoms with Gasteiger partial charge in [-0.3, -0.25) is 9.59 Å². The predicted molar refractivity (Wildman–Crippen MR) is 101 cm³/mol. The first kappa shape index (κ1) is 18.4. The van der Waals surface area contributed by atoms with Gasteiger partial charge in [-0.05, 0) is 30.3 Å². The Balaban J connectivity index is 1.73. The van der Waals surface area contributed by atoms with Gasteiger partial charge in [0.05, 0.1) is 24.9 Å². The third-order valence-electron chi connectivity index (χ3n) is 4.83. The van der Waals surface area contributed by atoms with E-state index >= 15 is 0 Å². The number of carbonyl (C=O) groups excluding carboxylic acids is 2. The molecule has 0 fully saturated rings. The number of rotatable bonds is 5. The summed E-state index contributed by atoms with van der Waals surface area (Å²) in [6.45, 7) is -0.168. The lowest BCUT2D eigenvalue weighted by Crippen LogP contribution is -2.41. The Kier molecular flexibility index (Phi) is 4.53. The van der Waals surface area contributed by atoms with Gasteiger partial charge in [0.2, 0.25) is 5.78 Å². The zero-order valence-electron chi connectivity index (χ0n) is 14.6. The van der Waals surface area contributed by atoms with Crippen LogP contribution < -0.4 is 4.90 Å². The summed E-state index contributed by atoms with van der Waals surface area (Å²) in [6.07, 6.45) is 0.853. The van der Waals surface area contributed by atoms with Crippen LogP contribution in [-0.4, -0.2) is 16.8 Å². The third kappa shape index (κ3) is 2.91. The Morgan fingerprint density at radius 3 is 2.64 bits per heavy atom. The van der Waals surface area contributed by atoms with Crippen LogP contribution in [0.15, 0.2) is 65.3 Å².